The fraction of sp³-hybridized carbons (Fsp3) is 0.385. The molecule has 0 saturated heterocycles. The Morgan fingerprint density at radius 1 is 1.24 bits per heavy atom. The number of hydrogen-bond donors (Lipinski definition) is 0. The number of Topliss-reactive ketones (excluding diaryl/α,β-unsaturated/α-hetero) is 2. The third kappa shape index (κ3) is 2.53. The molecular formula is C13H12Cl2O2. The van der Waals surface area contributed by atoms with E-state index in [2.05, 4.69) is 0 Å². The minimum absolute atomic E-state index is 0.00253. The zero-order valence-corrected chi connectivity index (χ0v) is 10.9. The summed E-state index contributed by atoms with van der Waals surface area (Å²) < 4.78 is 0. The van der Waals surface area contributed by atoms with Crippen molar-refractivity contribution < 1.29 is 9.59 Å². The van der Waals surface area contributed by atoms with Crippen LogP contribution in [0, 0.1) is 5.92 Å². The van der Waals surface area contributed by atoms with E-state index >= 15 is 0 Å². The molecule has 0 aromatic heterocycles. The smallest absolute Gasteiger partial charge is 0.143 e. The van der Waals surface area contributed by atoms with E-state index in [0.717, 1.165) is 5.56 Å². The monoisotopic (exact) mass is 270 g/mol. The van der Waals surface area contributed by atoms with Crippen molar-refractivity contribution in [1.29, 1.82) is 0 Å². The second kappa shape index (κ2) is 4.79. The highest BCUT2D eigenvalue weighted by Crippen LogP contribution is 2.38. The molecule has 2 atom stereocenters. The molecule has 0 unspecified atom stereocenters. The van der Waals surface area contributed by atoms with Crippen LogP contribution in [0.3, 0.4) is 0 Å². The number of rotatable bonds is 1. The number of carbonyl (C=O) groups is 2. The van der Waals surface area contributed by atoms with Gasteiger partial charge < -0.3 is 0 Å². The van der Waals surface area contributed by atoms with Crippen LogP contribution in [-0.2, 0) is 9.59 Å². The van der Waals surface area contributed by atoms with Crippen LogP contribution < -0.4 is 0 Å². The molecule has 1 aliphatic carbocycles. The van der Waals surface area contributed by atoms with E-state index in [0.29, 0.717) is 16.5 Å². The van der Waals surface area contributed by atoms with Crippen molar-refractivity contribution in [2.75, 3.05) is 0 Å². The Morgan fingerprint density at radius 3 is 2.59 bits per heavy atom. The quantitative estimate of drug-likeness (QED) is 0.731. The highest BCUT2D eigenvalue weighted by Gasteiger charge is 2.34. The average Bonchev–Trinajstić information content (AvgIpc) is 2.24. The first kappa shape index (κ1) is 12.6. The summed E-state index contributed by atoms with van der Waals surface area (Å²) >= 11 is 11.9. The van der Waals surface area contributed by atoms with Crippen LogP contribution in [0.15, 0.2) is 18.2 Å². The molecule has 0 N–H and O–H groups in total. The summed E-state index contributed by atoms with van der Waals surface area (Å²) in [5.41, 5.74) is 0.838. The summed E-state index contributed by atoms with van der Waals surface area (Å²) in [4.78, 5) is 23.2. The lowest BCUT2D eigenvalue weighted by Crippen LogP contribution is -2.30. The second-order valence-corrected chi connectivity index (χ2v) is 5.29. The lowest BCUT2D eigenvalue weighted by atomic mass is 9.75. The van der Waals surface area contributed by atoms with Crippen LogP contribution in [0.2, 0.25) is 10.0 Å². The number of ketones is 2. The number of benzene rings is 1. The van der Waals surface area contributed by atoms with Gasteiger partial charge in [-0.3, -0.25) is 9.59 Å². The van der Waals surface area contributed by atoms with Gasteiger partial charge in [-0.2, -0.15) is 0 Å². The van der Waals surface area contributed by atoms with Crippen LogP contribution >= 0.6 is 23.2 Å². The number of hydrogen-bond acceptors (Lipinski definition) is 2. The summed E-state index contributed by atoms with van der Waals surface area (Å²) in [5.74, 6) is -0.290. The fourth-order valence-electron chi connectivity index (χ4n) is 2.26. The summed E-state index contributed by atoms with van der Waals surface area (Å²) in [6.07, 6.45) is 0.442. The molecule has 1 aliphatic rings. The molecule has 0 spiro atoms. The SMILES string of the molecule is C[C@H]1C(=O)CC(=O)C[C@H]1c1ccc(Cl)cc1Cl. The third-order valence-electron chi connectivity index (χ3n) is 3.29. The number of carbonyl (C=O) groups excluding carboxylic acids is 2. The van der Waals surface area contributed by atoms with Gasteiger partial charge >= 0.3 is 0 Å². The molecule has 0 radical (unpaired) electrons. The van der Waals surface area contributed by atoms with Gasteiger partial charge in [0.2, 0.25) is 0 Å². The van der Waals surface area contributed by atoms with Gasteiger partial charge in [-0.1, -0.05) is 36.2 Å². The Kier molecular flexibility index (Phi) is 3.55. The lowest BCUT2D eigenvalue weighted by molar-refractivity contribution is -0.133. The molecular weight excluding hydrogens is 259 g/mol. The van der Waals surface area contributed by atoms with Gasteiger partial charge in [0.15, 0.2) is 0 Å². The topological polar surface area (TPSA) is 34.1 Å². The Bertz CT molecular complexity index is 482. The maximum atomic E-state index is 11.7. The van der Waals surface area contributed by atoms with Crippen molar-refractivity contribution in [3.05, 3.63) is 33.8 Å². The zero-order chi connectivity index (χ0) is 12.6. The van der Waals surface area contributed by atoms with Crippen molar-refractivity contribution >= 4 is 34.8 Å². The Hall–Kier alpha value is -0.860. The van der Waals surface area contributed by atoms with Crippen molar-refractivity contribution in [3.8, 4) is 0 Å². The van der Waals surface area contributed by atoms with Gasteiger partial charge in [-0.25, -0.2) is 0 Å². The summed E-state index contributed by atoms with van der Waals surface area (Å²) in [6, 6.07) is 5.19. The summed E-state index contributed by atoms with van der Waals surface area (Å²) in [6.45, 7) is 1.85. The van der Waals surface area contributed by atoms with Crippen molar-refractivity contribution in [2.24, 2.45) is 5.92 Å². The van der Waals surface area contributed by atoms with Gasteiger partial charge in [-0.15, -0.1) is 0 Å². The average molecular weight is 271 g/mol. The first-order valence-electron chi connectivity index (χ1n) is 5.48. The predicted octanol–water partition coefficient (Wildman–Crippen LogP) is 3.65. The molecule has 0 bridgehead atoms. The Morgan fingerprint density at radius 2 is 1.94 bits per heavy atom. The van der Waals surface area contributed by atoms with Crippen LogP contribution in [0.5, 0.6) is 0 Å². The number of halogens is 2. The van der Waals surface area contributed by atoms with E-state index < -0.39 is 0 Å². The van der Waals surface area contributed by atoms with E-state index in [1.807, 2.05) is 6.92 Å². The molecule has 90 valence electrons. The molecule has 2 nitrogen and oxygen atoms in total. The van der Waals surface area contributed by atoms with Gasteiger partial charge in [0.05, 0.1) is 6.42 Å². The van der Waals surface area contributed by atoms with E-state index in [-0.39, 0.29) is 29.8 Å². The van der Waals surface area contributed by atoms with Crippen molar-refractivity contribution in [3.63, 3.8) is 0 Å². The molecule has 0 aliphatic heterocycles. The normalized spacial score (nSPS) is 25.1. The highest BCUT2D eigenvalue weighted by molar-refractivity contribution is 6.35. The Balaban J connectivity index is 2.37. The molecule has 1 aromatic carbocycles. The maximum Gasteiger partial charge on any atom is 0.143 e. The minimum Gasteiger partial charge on any atom is -0.299 e. The van der Waals surface area contributed by atoms with Gasteiger partial charge in [0.25, 0.3) is 0 Å². The maximum absolute atomic E-state index is 11.7. The lowest BCUT2D eigenvalue weighted by Gasteiger charge is -2.27. The summed E-state index contributed by atoms with van der Waals surface area (Å²) in [7, 11) is 0. The molecule has 17 heavy (non-hydrogen) atoms. The molecule has 1 aromatic rings. The van der Waals surface area contributed by atoms with Crippen LogP contribution in [0.25, 0.3) is 0 Å². The molecule has 0 heterocycles. The third-order valence-corrected chi connectivity index (χ3v) is 3.85. The van der Waals surface area contributed by atoms with Gasteiger partial charge in [0.1, 0.15) is 11.6 Å². The van der Waals surface area contributed by atoms with Crippen LogP contribution in [0.1, 0.15) is 31.2 Å². The van der Waals surface area contributed by atoms with Crippen molar-refractivity contribution in [2.45, 2.75) is 25.7 Å². The van der Waals surface area contributed by atoms with E-state index in [9.17, 15) is 9.59 Å². The summed E-state index contributed by atoms with van der Waals surface area (Å²) in [5, 5.41) is 1.08. The standard InChI is InChI=1S/C13H12Cl2O2/c1-7-11(5-9(16)6-13(7)17)10-3-2-8(14)4-12(10)15/h2-4,7,11H,5-6H2,1H3/t7-,11-/m1/s1. The molecule has 0 amide bonds. The molecule has 1 fully saturated rings. The minimum atomic E-state index is -0.161. The molecule has 1 saturated carbocycles. The highest BCUT2D eigenvalue weighted by atomic mass is 35.5. The van der Waals surface area contributed by atoms with E-state index in [1.54, 1.807) is 18.2 Å². The Labute approximate surface area is 110 Å². The first-order valence-corrected chi connectivity index (χ1v) is 6.24. The predicted molar refractivity (Wildman–Crippen MR) is 67.6 cm³/mol. The van der Waals surface area contributed by atoms with Gasteiger partial charge in [-0.05, 0) is 17.7 Å². The first-order chi connectivity index (χ1) is 7.99. The fourth-order valence-corrected chi connectivity index (χ4v) is 2.80. The van der Waals surface area contributed by atoms with Crippen LogP contribution in [0.4, 0.5) is 0 Å². The van der Waals surface area contributed by atoms with E-state index in [4.69, 9.17) is 23.2 Å². The second-order valence-electron chi connectivity index (χ2n) is 4.45. The van der Waals surface area contributed by atoms with Crippen LogP contribution in [-0.4, -0.2) is 11.6 Å². The molecule has 2 rings (SSSR count). The zero-order valence-electron chi connectivity index (χ0n) is 9.37. The van der Waals surface area contributed by atoms with Crippen molar-refractivity contribution in [1.82, 2.24) is 0 Å². The van der Waals surface area contributed by atoms with E-state index in [1.165, 1.54) is 0 Å². The largest absolute Gasteiger partial charge is 0.299 e. The van der Waals surface area contributed by atoms with Gasteiger partial charge in [0, 0.05) is 28.3 Å². The molecule has 4 heteroatoms.